The van der Waals surface area contributed by atoms with Gasteiger partial charge in [0.2, 0.25) is 0 Å². The van der Waals surface area contributed by atoms with Gasteiger partial charge in [-0.15, -0.1) is 0 Å². The molecule has 1 rings (SSSR count). The molecule has 1 N–H and O–H groups in total. The number of hydrogen-bond acceptors (Lipinski definition) is 1. The van der Waals surface area contributed by atoms with E-state index in [0.29, 0.717) is 0 Å². The van der Waals surface area contributed by atoms with Crippen LogP contribution in [0, 0.1) is 0 Å². The molecule has 0 unspecified atom stereocenters. The summed E-state index contributed by atoms with van der Waals surface area (Å²) in [6.45, 7) is 0. The Bertz CT molecular complexity index is 62.6. The third kappa shape index (κ3) is 3.03. The van der Waals surface area contributed by atoms with Crippen LogP contribution in [0.4, 0.5) is 0 Å². The highest BCUT2D eigenvalue weighted by Crippen LogP contribution is 1.62. The Morgan fingerprint density at radius 3 is 2.14 bits per heavy atom. The van der Waals surface area contributed by atoms with E-state index in [0.717, 1.165) is 0 Å². The van der Waals surface area contributed by atoms with Crippen molar-refractivity contribution < 1.29 is 0 Å². The summed E-state index contributed by atoms with van der Waals surface area (Å²) in [5.74, 6) is 0. The van der Waals surface area contributed by atoms with E-state index in [1.54, 1.807) is 18.7 Å². The molecule has 0 aliphatic rings. The van der Waals surface area contributed by atoms with Crippen LogP contribution in [0.15, 0.2) is 18.7 Å². The van der Waals surface area contributed by atoms with Gasteiger partial charge in [-0.2, -0.15) is 0 Å². The summed E-state index contributed by atoms with van der Waals surface area (Å²) < 4.78 is 0. The number of rotatable bonds is 0. The van der Waals surface area contributed by atoms with Gasteiger partial charge in [0.05, 0.1) is 6.33 Å². The minimum Gasteiger partial charge on any atom is -0.351 e. The zero-order valence-electron chi connectivity index (χ0n) is 2.68. The number of H-pyrrole nitrogens is 1. The van der Waals surface area contributed by atoms with E-state index in [2.05, 4.69) is 9.97 Å². The molecular formula is C5H12N2. The minimum absolute atomic E-state index is 0. The fraction of sp³-hybridized carbons (Fsp3) is 0.400. The molecule has 0 spiro atoms. The Labute approximate surface area is 44.6 Å². The molecule has 1 heterocycles. The molecule has 42 valence electrons. The van der Waals surface area contributed by atoms with Crippen LogP contribution in [0.25, 0.3) is 0 Å². The van der Waals surface area contributed by atoms with Crippen LogP contribution in [-0.4, -0.2) is 9.97 Å². The maximum atomic E-state index is 3.67. The Hall–Kier alpha value is -0.790. The predicted octanol–water partition coefficient (Wildman–Crippen LogP) is 1.68. The first-order valence-corrected chi connectivity index (χ1v) is 1.43. The van der Waals surface area contributed by atoms with E-state index in [9.17, 15) is 0 Å². The molecule has 2 heteroatoms. The Morgan fingerprint density at radius 2 is 2.00 bits per heavy atom. The maximum Gasteiger partial charge on any atom is 0.0919 e. The van der Waals surface area contributed by atoms with Crippen LogP contribution >= 0.6 is 0 Å². The van der Waals surface area contributed by atoms with Gasteiger partial charge in [-0.1, -0.05) is 14.9 Å². The second-order valence-electron chi connectivity index (χ2n) is 0.761. The quantitative estimate of drug-likeness (QED) is 0.528. The third-order valence-corrected chi connectivity index (χ3v) is 0.406. The fourth-order valence-corrected chi connectivity index (χ4v) is 0.215. The molecule has 0 bridgehead atoms. The Kier molecular flexibility index (Phi) is 7.08. The van der Waals surface area contributed by atoms with Crippen LogP contribution in [0.5, 0.6) is 0 Å². The highest BCUT2D eigenvalue weighted by atomic mass is 14.8. The van der Waals surface area contributed by atoms with Gasteiger partial charge < -0.3 is 4.98 Å². The molecule has 0 aromatic carbocycles. The zero-order chi connectivity index (χ0) is 3.54. The van der Waals surface area contributed by atoms with Crippen molar-refractivity contribution in [3.05, 3.63) is 18.7 Å². The molecular weight excluding hydrogens is 88.1 g/mol. The summed E-state index contributed by atoms with van der Waals surface area (Å²) in [6.07, 6.45) is 5.08. The van der Waals surface area contributed by atoms with E-state index >= 15 is 0 Å². The van der Waals surface area contributed by atoms with E-state index in [4.69, 9.17) is 0 Å². The summed E-state index contributed by atoms with van der Waals surface area (Å²) in [5, 5.41) is 0. The van der Waals surface area contributed by atoms with Gasteiger partial charge in [0.15, 0.2) is 0 Å². The lowest BCUT2D eigenvalue weighted by molar-refractivity contribution is 1.31. The van der Waals surface area contributed by atoms with Gasteiger partial charge in [0, 0.05) is 12.4 Å². The zero-order valence-corrected chi connectivity index (χ0v) is 2.68. The van der Waals surface area contributed by atoms with Crippen LogP contribution in [0.1, 0.15) is 14.9 Å². The second kappa shape index (κ2) is 5.21. The molecule has 2 nitrogen and oxygen atoms in total. The molecule has 0 saturated carbocycles. The van der Waals surface area contributed by atoms with Crippen molar-refractivity contribution in [1.82, 2.24) is 9.97 Å². The normalized spacial score (nSPS) is 5.71. The summed E-state index contributed by atoms with van der Waals surface area (Å²) >= 11 is 0. The smallest absolute Gasteiger partial charge is 0.0919 e. The van der Waals surface area contributed by atoms with Crippen molar-refractivity contribution >= 4 is 0 Å². The van der Waals surface area contributed by atoms with Gasteiger partial charge in [-0.05, 0) is 0 Å². The van der Waals surface area contributed by atoms with Crippen molar-refractivity contribution in [2.75, 3.05) is 0 Å². The topological polar surface area (TPSA) is 28.7 Å². The van der Waals surface area contributed by atoms with Gasteiger partial charge in [-0.3, -0.25) is 0 Å². The van der Waals surface area contributed by atoms with E-state index in [1.807, 2.05) is 0 Å². The first-order chi connectivity index (χ1) is 2.50. The molecule has 1 aromatic heterocycles. The van der Waals surface area contributed by atoms with Gasteiger partial charge in [-0.25, -0.2) is 4.98 Å². The Balaban J connectivity index is 0. The highest BCUT2D eigenvalue weighted by Gasteiger charge is 1.56. The van der Waals surface area contributed by atoms with Crippen molar-refractivity contribution in [2.24, 2.45) is 0 Å². The average molecular weight is 100 g/mol. The van der Waals surface area contributed by atoms with E-state index in [-0.39, 0.29) is 14.9 Å². The monoisotopic (exact) mass is 100 g/mol. The van der Waals surface area contributed by atoms with Gasteiger partial charge in [0.25, 0.3) is 0 Å². The van der Waals surface area contributed by atoms with Crippen LogP contribution in [0.2, 0.25) is 0 Å². The number of nitrogens with one attached hydrogen (secondary N) is 1. The molecule has 0 radical (unpaired) electrons. The molecule has 0 aliphatic heterocycles. The molecule has 0 fully saturated rings. The SMILES string of the molecule is C.C.c1c[nH]cn1. The number of imidazole rings is 1. The maximum absolute atomic E-state index is 3.67. The van der Waals surface area contributed by atoms with Gasteiger partial charge >= 0.3 is 0 Å². The predicted molar refractivity (Wildman–Crippen MR) is 32.0 cm³/mol. The van der Waals surface area contributed by atoms with Crippen molar-refractivity contribution in [1.29, 1.82) is 0 Å². The Morgan fingerprint density at radius 1 is 1.29 bits per heavy atom. The molecule has 0 amide bonds. The molecule has 0 atom stereocenters. The lowest BCUT2D eigenvalue weighted by Gasteiger charge is -1.46. The van der Waals surface area contributed by atoms with E-state index in [1.165, 1.54) is 0 Å². The summed E-state index contributed by atoms with van der Waals surface area (Å²) in [6, 6.07) is 0. The highest BCUT2D eigenvalue weighted by molar-refractivity contribution is 4.64. The summed E-state index contributed by atoms with van der Waals surface area (Å²) in [7, 11) is 0. The second-order valence-corrected chi connectivity index (χ2v) is 0.761. The first-order valence-electron chi connectivity index (χ1n) is 1.43. The summed E-state index contributed by atoms with van der Waals surface area (Å²) in [5.41, 5.74) is 0. The van der Waals surface area contributed by atoms with Crippen molar-refractivity contribution in [2.45, 2.75) is 14.9 Å². The van der Waals surface area contributed by atoms with Gasteiger partial charge in [0.1, 0.15) is 0 Å². The summed E-state index contributed by atoms with van der Waals surface area (Å²) in [4.78, 5) is 6.42. The van der Waals surface area contributed by atoms with Crippen molar-refractivity contribution in [3.8, 4) is 0 Å². The number of nitrogens with zero attached hydrogens (tertiary/aromatic N) is 1. The fourth-order valence-electron chi connectivity index (χ4n) is 0.215. The third-order valence-electron chi connectivity index (χ3n) is 0.406. The average Bonchev–Trinajstić information content (AvgIpc) is 1.76. The van der Waals surface area contributed by atoms with E-state index < -0.39 is 0 Å². The van der Waals surface area contributed by atoms with Crippen molar-refractivity contribution in [3.63, 3.8) is 0 Å². The van der Waals surface area contributed by atoms with Crippen LogP contribution < -0.4 is 0 Å². The van der Waals surface area contributed by atoms with Crippen LogP contribution in [-0.2, 0) is 0 Å². The largest absolute Gasteiger partial charge is 0.351 e. The number of hydrogen-bond donors (Lipinski definition) is 1. The number of aromatic amines is 1. The molecule has 7 heavy (non-hydrogen) atoms. The lowest BCUT2D eigenvalue weighted by Crippen LogP contribution is -1.44. The number of aromatic nitrogens is 2. The molecule has 1 aromatic rings. The lowest BCUT2D eigenvalue weighted by atomic mass is 11.0. The van der Waals surface area contributed by atoms with Crippen LogP contribution in [0.3, 0.4) is 0 Å². The molecule has 0 aliphatic carbocycles. The minimum atomic E-state index is 0. The first kappa shape index (κ1) is 9.51. The standard InChI is InChI=1S/C3H4N2.2CH4/c1-2-5-3-4-1;;/h1-3H,(H,4,5);2*1H4. The molecule has 0 saturated heterocycles.